The number of nitrogens with zero attached hydrogens (tertiary/aromatic N) is 4. The molecule has 6 N–H and O–H groups in total. The third-order valence-corrected chi connectivity index (χ3v) is 4.19. The van der Waals surface area contributed by atoms with Gasteiger partial charge in [-0.1, -0.05) is 0 Å². The molecule has 26 heavy (non-hydrogen) atoms. The molecule has 1 aliphatic heterocycles. The quantitative estimate of drug-likeness (QED) is 0.448. The molecule has 0 amide bonds. The van der Waals surface area contributed by atoms with Crippen molar-refractivity contribution >= 4 is 27.2 Å². The van der Waals surface area contributed by atoms with Gasteiger partial charge in [0.05, 0.1) is 12.0 Å². The molecule has 0 spiro atoms. The molecule has 4 atom stereocenters. The standard InChI is InChI=1S/C11H14F2N6O6S/c12-8(13)5-4-9(14)16-2-17-10(4)19(18-5)11-7(21)6(20)3(25-11)1-24-26(15,22)23/h2-3,6-8,11,20-21H,1H2,(H2,14,16,17)(H2,15,22,23)/t3-,6-,7-,11-/m1/s1. The van der Waals surface area contributed by atoms with Gasteiger partial charge < -0.3 is 20.7 Å². The molecule has 12 nitrogen and oxygen atoms in total. The highest BCUT2D eigenvalue weighted by atomic mass is 32.2. The summed E-state index contributed by atoms with van der Waals surface area (Å²) < 4.78 is 58.6. The van der Waals surface area contributed by atoms with E-state index in [-0.39, 0.29) is 16.9 Å². The highest BCUT2D eigenvalue weighted by molar-refractivity contribution is 7.84. The summed E-state index contributed by atoms with van der Waals surface area (Å²) >= 11 is 0. The van der Waals surface area contributed by atoms with Gasteiger partial charge in [-0.25, -0.2) is 28.6 Å². The fourth-order valence-corrected chi connectivity index (χ4v) is 2.91. The summed E-state index contributed by atoms with van der Waals surface area (Å²) in [7, 11) is -4.31. The van der Waals surface area contributed by atoms with E-state index >= 15 is 0 Å². The normalized spacial score (nSPS) is 26.8. The minimum absolute atomic E-state index is 0.155. The van der Waals surface area contributed by atoms with Crippen LogP contribution in [0.2, 0.25) is 0 Å². The first-order valence-electron chi connectivity index (χ1n) is 7.05. The van der Waals surface area contributed by atoms with Crippen LogP contribution in [-0.4, -0.2) is 63.3 Å². The van der Waals surface area contributed by atoms with Crippen molar-refractivity contribution in [2.24, 2.45) is 5.14 Å². The van der Waals surface area contributed by atoms with E-state index in [0.29, 0.717) is 0 Å². The summed E-state index contributed by atoms with van der Waals surface area (Å²) in [6, 6.07) is 0. The van der Waals surface area contributed by atoms with E-state index in [1.165, 1.54) is 0 Å². The molecule has 0 aliphatic carbocycles. The Morgan fingerprint density at radius 3 is 2.65 bits per heavy atom. The van der Waals surface area contributed by atoms with E-state index in [9.17, 15) is 27.4 Å². The number of halogens is 2. The zero-order valence-corrected chi connectivity index (χ0v) is 13.6. The van der Waals surface area contributed by atoms with Crippen molar-refractivity contribution in [3.63, 3.8) is 0 Å². The van der Waals surface area contributed by atoms with Gasteiger partial charge in [0.15, 0.2) is 11.9 Å². The van der Waals surface area contributed by atoms with Crippen molar-refractivity contribution in [3.05, 3.63) is 12.0 Å². The number of rotatable bonds is 5. The molecule has 1 aliphatic rings. The minimum atomic E-state index is -4.31. The van der Waals surface area contributed by atoms with Crippen LogP contribution in [0, 0.1) is 0 Å². The number of hydrogen-bond acceptors (Lipinski definition) is 10. The Hall–Kier alpha value is -2.04. The maximum atomic E-state index is 13.2. The number of aromatic nitrogens is 4. The first kappa shape index (κ1) is 18.7. The number of aliphatic hydroxyl groups is 2. The van der Waals surface area contributed by atoms with E-state index in [4.69, 9.17) is 10.5 Å². The first-order valence-corrected chi connectivity index (χ1v) is 8.52. The maximum Gasteiger partial charge on any atom is 0.333 e. The van der Waals surface area contributed by atoms with Gasteiger partial charge in [0.25, 0.3) is 6.43 Å². The molecule has 2 aromatic rings. The molecule has 0 bridgehead atoms. The zero-order chi connectivity index (χ0) is 19.2. The van der Waals surface area contributed by atoms with Gasteiger partial charge in [0.1, 0.15) is 36.2 Å². The second kappa shape index (κ2) is 6.60. The molecule has 2 aromatic heterocycles. The van der Waals surface area contributed by atoms with Crippen LogP contribution in [0.5, 0.6) is 0 Å². The molecule has 0 radical (unpaired) electrons. The number of nitrogens with two attached hydrogens (primary N) is 2. The second-order valence-electron chi connectivity index (χ2n) is 5.41. The molecule has 0 aromatic carbocycles. The molecule has 3 heterocycles. The van der Waals surface area contributed by atoms with Crippen LogP contribution in [0.3, 0.4) is 0 Å². The molecule has 3 rings (SSSR count). The summed E-state index contributed by atoms with van der Waals surface area (Å²) in [5.74, 6) is -0.251. The molecule has 144 valence electrons. The van der Waals surface area contributed by atoms with Crippen molar-refractivity contribution < 1.29 is 36.3 Å². The Morgan fingerprint density at radius 2 is 2.04 bits per heavy atom. The van der Waals surface area contributed by atoms with E-state index < -0.39 is 53.6 Å². The largest absolute Gasteiger partial charge is 0.387 e. The number of hydrogen-bond donors (Lipinski definition) is 4. The molecule has 1 saturated heterocycles. The average Bonchev–Trinajstić information content (AvgIpc) is 3.06. The van der Waals surface area contributed by atoms with E-state index in [1.54, 1.807) is 0 Å². The van der Waals surface area contributed by atoms with Crippen LogP contribution in [0.15, 0.2) is 6.33 Å². The van der Waals surface area contributed by atoms with Gasteiger partial charge >= 0.3 is 10.3 Å². The van der Waals surface area contributed by atoms with Gasteiger partial charge in [-0.2, -0.15) is 13.5 Å². The summed E-state index contributed by atoms with van der Waals surface area (Å²) in [4.78, 5) is 7.44. The number of alkyl halides is 2. The summed E-state index contributed by atoms with van der Waals surface area (Å²) in [5, 5.41) is 28.3. The average molecular weight is 396 g/mol. The van der Waals surface area contributed by atoms with Crippen LogP contribution >= 0.6 is 0 Å². The topological polar surface area (TPSA) is 189 Å². The lowest BCUT2D eigenvalue weighted by atomic mass is 10.1. The SMILES string of the molecule is Nc1ncnc2c1c(C(F)F)nn2[C@@H]1O[C@H](COS(N)(=O)=O)[C@@H](O)[C@H]1O. The Kier molecular flexibility index (Phi) is 4.76. The van der Waals surface area contributed by atoms with Crippen molar-refractivity contribution in [1.82, 2.24) is 19.7 Å². The van der Waals surface area contributed by atoms with Gasteiger partial charge in [0, 0.05) is 0 Å². The molecular weight excluding hydrogens is 382 g/mol. The van der Waals surface area contributed by atoms with E-state index in [2.05, 4.69) is 24.4 Å². The lowest BCUT2D eigenvalue weighted by molar-refractivity contribution is -0.0533. The second-order valence-corrected chi connectivity index (χ2v) is 6.63. The highest BCUT2D eigenvalue weighted by Crippen LogP contribution is 2.35. The number of nitrogen functional groups attached to an aromatic ring is 1. The molecule has 1 fully saturated rings. The van der Waals surface area contributed by atoms with E-state index in [0.717, 1.165) is 11.0 Å². The minimum Gasteiger partial charge on any atom is -0.387 e. The Balaban J connectivity index is 1.98. The highest BCUT2D eigenvalue weighted by Gasteiger charge is 2.46. The van der Waals surface area contributed by atoms with Crippen LogP contribution in [-0.2, 0) is 19.2 Å². The maximum absolute atomic E-state index is 13.2. The van der Waals surface area contributed by atoms with Gasteiger partial charge in [-0.3, -0.25) is 4.18 Å². The van der Waals surface area contributed by atoms with Crippen molar-refractivity contribution in [1.29, 1.82) is 0 Å². The predicted octanol–water partition coefficient (Wildman–Crippen LogP) is -1.81. The van der Waals surface area contributed by atoms with Crippen molar-refractivity contribution in [3.8, 4) is 0 Å². The Bertz CT molecular complexity index is 923. The zero-order valence-electron chi connectivity index (χ0n) is 12.8. The van der Waals surface area contributed by atoms with Crippen molar-refractivity contribution in [2.75, 3.05) is 12.3 Å². The van der Waals surface area contributed by atoms with Gasteiger partial charge in [0.2, 0.25) is 0 Å². The summed E-state index contributed by atoms with van der Waals surface area (Å²) in [6.07, 6.45) is -8.03. The summed E-state index contributed by atoms with van der Waals surface area (Å²) in [6.45, 7) is -0.703. The number of aliphatic hydroxyl groups excluding tert-OH is 2. The van der Waals surface area contributed by atoms with Crippen LogP contribution in [0.1, 0.15) is 18.3 Å². The number of ether oxygens (including phenoxy) is 1. The fourth-order valence-electron chi connectivity index (χ4n) is 2.58. The first-order chi connectivity index (χ1) is 12.1. The van der Waals surface area contributed by atoms with Crippen LogP contribution < -0.4 is 10.9 Å². The predicted molar refractivity (Wildman–Crippen MR) is 79.7 cm³/mol. The molecule has 15 heteroatoms. The van der Waals surface area contributed by atoms with Crippen molar-refractivity contribution in [2.45, 2.75) is 31.0 Å². The summed E-state index contributed by atoms with van der Waals surface area (Å²) in [5.41, 5.74) is 4.72. The third kappa shape index (κ3) is 3.31. The molecule has 0 saturated carbocycles. The molecule has 0 unspecified atom stereocenters. The lowest BCUT2D eigenvalue weighted by Crippen LogP contribution is -2.35. The van der Waals surface area contributed by atoms with Crippen LogP contribution in [0.25, 0.3) is 11.0 Å². The smallest absolute Gasteiger partial charge is 0.333 e. The monoisotopic (exact) mass is 396 g/mol. The Morgan fingerprint density at radius 1 is 1.35 bits per heavy atom. The van der Waals surface area contributed by atoms with Crippen LogP contribution in [0.4, 0.5) is 14.6 Å². The number of anilines is 1. The third-order valence-electron chi connectivity index (χ3n) is 3.73. The molecular formula is C11H14F2N6O6S. The lowest BCUT2D eigenvalue weighted by Gasteiger charge is -2.15. The fraction of sp³-hybridized carbons (Fsp3) is 0.545. The van der Waals surface area contributed by atoms with E-state index in [1.807, 2.05) is 0 Å². The van der Waals surface area contributed by atoms with Gasteiger partial charge in [-0.15, -0.1) is 0 Å². The Labute approximate surface area is 144 Å². The van der Waals surface area contributed by atoms with Gasteiger partial charge in [-0.05, 0) is 0 Å². The number of fused-ring (bicyclic) bond motifs is 1.